The third kappa shape index (κ3) is 9.82. The van der Waals surface area contributed by atoms with Crippen LogP contribution in [0.25, 0.3) is 10.8 Å². The van der Waals surface area contributed by atoms with Gasteiger partial charge in [-0.3, -0.25) is 5.32 Å². The van der Waals surface area contributed by atoms with Gasteiger partial charge in [0.1, 0.15) is 5.75 Å². The number of hydrogen-bond acceptors (Lipinski definition) is 2. The minimum Gasteiger partial charge on any atom is -0.410 e. The van der Waals surface area contributed by atoms with Crippen LogP contribution in [0.4, 0.5) is 10.5 Å². The average Bonchev–Trinajstić information content (AvgIpc) is 2.87. The van der Waals surface area contributed by atoms with Crippen molar-refractivity contribution in [2.75, 3.05) is 5.32 Å². The predicted molar refractivity (Wildman–Crippen MR) is 149 cm³/mol. The summed E-state index contributed by atoms with van der Waals surface area (Å²) >= 11 is 0. The maximum absolute atomic E-state index is 12.5. The molecule has 3 heteroatoms. The monoisotopic (exact) mass is 469 g/mol. The van der Waals surface area contributed by atoms with Crippen LogP contribution in [0.3, 0.4) is 0 Å². The molecule has 3 rings (SSSR count). The van der Waals surface area contributed by atoms with Crippen LogP contribution in [0.1, 0.15) is 70.3 Å². The summed E-state index contributed by atoms with van der Waals surface area (Å²) in [7, 11) is 0. The first-order chi connectivity index (χ1) is 17.3. The Kier molecular flexibility index (Phi) is 11.7. The summed E-state index contributed by atoms with van der Waals surface area (Å²) in [5, 5.41) is 4.96. The first-order valence-corrected chi connectivity index (χ1v) is 13.1. The molecule has 0 unspecified atom stereocenters. The maximum Gasteiger partial charge on any atom is 0.417 e. The lowest BCUT2D eigenvalue weighted by molar-refractivity contribution is 0.215. The van der Waals surface area contributed by atoms with E-state index in [2.05, 4.69) is 42.6 Å². The molecule has 0 spiro atoms. The average molecular weight is 470 g/mol. The highest BCUT2D eigenvalue weighted by Gasteiger charge is 2.08. The number of allylic oxidation sites excluding steroid dienone is 4. The van der Waals surface area contributed by atoms with Gasteiger partial charge in [0.15, 0.2) is 0 Å². The molecule has 0 saturated carbocycles. The van der Waals surface area contributed by atoms with Crippen LogP contribution < -0.4 is 10.1 Å². The lowest BCUT2D eigenvalue weighted by Gasteiger charge is -2.10. The topological polar surface area (TPSA) is 38.3 Å². The second-order valence-electron chi connectivity index (χ2n) is 8.96. The van der Waals surface area contributed by atoms with Gasteiger partial charge < -0.3 is 4.74 Å². The molecule has 184 valence electrons. The van der Waals surface area contributed by atoms with E-state index in [-0.39, 0.29) is 0 Å². The van der Waals surface area contributed by atoms with Crippen LogP contribution in [0.15, 0.2) is 91.0 Å². The van der Waals surface area contributed by atoms with E-state index in [9.17, 15) is 4.79 Å². The van der Waals surface area contributed by atoms with Gasteiger partial charge in [-0.25, -0.2) is 4.79 Å². The Bertz CT molecular complexity index is 1090. The standard InChI is InChI=1S/C32H39NO2/c1-2-3-4-5-6-7-8-9-10-11-12-13-14-19-27-20-17-23-29(26-27)35-32(34)33-31-25-18-22-28-21-15-16-24-30(28)31/h4-5,7-8,15-18,20-26H,2-3,6,9-14,19H2,1H3,(H,33,34)/b5-4+,8-7+. The summed E-state index contributed by atoms with van der Waals surface area (Å²) in [5.74, 6) is 0.580. The van der Waals surface area contributed by atoms with E-state index in [0.29, 0.717) is 5.75 Å². The fraction of sp³-hybridized carbons (Fsp3) is 0.344. The van der Waals surface area contributed by atoms with Crippen molar-refractivity contribution < 1.29 is 9.53 Å². The summed E-state index contributed by atoms with van der Waals surface area (Å²) in [6, 6.07) is 21.7. The fourth-order valence-corrected chi connectivity index (χ4v) is 4.14. The summed E-state index contributed by atoms with van der Waals surface area (Å²) in [4.78, 5) is 12.5. The number of amides is 1. The second kappa shape index (κ2) is 15.5. The Labute approximate surface area is 210 Å². The number of ether oxygens (including phenoxy) is 1. The van der Waals surface area contributed by atoms with E-state index in [1.54, 1.807) is 0 Å². The fourth-order valence-electron chi connectivity index (χ4n) is 4.14. The van der Waals surface area contributed by atoms with Gasteiger partial charge in [0, 0.05) is 5.39 Å². The Hall–Kier alpha value is -3.33. The number of rotatable bonds is 14. The molecule has 0 aromatic heterocycles. The summed E-state index contributed by atoms with van der Waals surface area (Å²) in [5.41, 5.74) is 1.96. The van der Waals surface area contributed by atoms with Crippen molar-refractivity contribution in [2.24, 2.45) is 0 Å². The molecule has 0 aliphatic rings. The minimum absolute atomic E-state index is 0.468. The molecule has 35 heavy (non-hydrogen) atoms. The van der Waals surface area contributed by atoms with Gasteiger partial charge in [-0.05, 0) is 67.7 Å². The number of anilines is 1. The molecule has 3 nitrogen and oxygen atoms in total. The van der Waals surface area contributed by atoms with Crippen molar-refractivity contribution in [2.45, 2.75) is 71.1 Å². The Morgan fingerprint density at radius 2 is 1.54 bits per heavy atom. The molecule has 0 bridgehead atoms. The minimum atomic E-state index is -0.468. The molecular weight excluding hydrogens is 430 g/mol. The number of fused-ring (bicyclic) bond motifs is 1. The van der Waals surface area contributed by atoms with E-state index < -0.39 is 6.09 Å². The molecule has 0 atom stereocenters. The van der Waals surface area contributed by atoms with Gasteiger partial charge in [0.2, 0.25) is 0 Å². The number of hydrogen-bond donors (Lipinski definition) is 1. The molecule has 1 N–H and O–H groups in total. The Morgan fingerprint density at radius 1 is 0.800 bits per heavy atom. The van der Waals surface area contributed by atoms with E-state index >= 15 is 0 Å². The van der Waals surface area contributed by atoms with Crippen LogP contribution in [-0.2, 0) is 6.42 Å². The number of carbonyl (C=O) groups is 1. The van der Waals surface area contributed by atoms with Crippen molar-refractivity contribution in [1.82, 2.24) is 0 Å². The van der Waals surface area contributed by atoms with Gasteiger partial charge in [-0.2, -0.15) is 0 Å². The molecular formula is C32H39NO2. The maximum atomic E-state index is 12.5. The molecule has 0 saturated heterocycles. The largest absolute Gasteiger partial charge is 0.417 e. The van der Waals surface area contributed by atoms with Crippen molar-refractivity contribution in [1.29, 1.82) is 0 Å². The van der Waals surface area contributed by atoms with Crippen LogP contribution in [0.2, 0.25) is 0 Å². The normalized spacial score (nSPS) is 11.5. The molecule has 0 fully saturated rings. The number of benzene rings is 3. The van der Waals surface area contributed by atoms with Crippen LogP contribution in [-0.4, -0.2) is 6.09 Å². The second-order valence-corrected chi connectivity index (χ2v) is 8.96. The van der Waals surface area contributed by atoms with E-state index in [1.165, 1.54) is 50.5 Å². The van der Waals surface area contributed by atoms with Crippen LogP contribution in [0.5, 0.6) is 5.75 Å². The quantitative estimate of drug-likeness (QED) is 0.188. The molecule has 0 aliphatic carbocycles. The van der Waals surface area contributed by atoms with Crippen molar-refractivity contribution in [3.05, 3.63) is 96.6 Å². The molecule has 0 heterocycles. The van der Waals surface area contributed by atoms with E-state index in [0.717, 1.165) is 35.7 Å². The van der Waals surface area contributed by atoms with Crippen LogP contribution >= 0.6 is 0 Å². The van der Waals surface area contributed by atoms with Gasteiger partial charge >= 0.3 is 6.09 Å². The molecule has 0 radical (unpaired) electrons. The predicted octanol–water partition coefficient (Wildman–Crippen LogP) is 9.64. The third-order valence-corrected chi connectivity index (χ3v) is 6.03. The number of carbonyl (C=O) groups excluding carboxylic acids is 1. The molecule has 1 amide bonds. The highest BCUT2D eigenvalue weighted by molar-refractivity contribution is 6.00. The smallest absolute Gasteiger partial charge is 0.410 e. The highest BCUT2D eigenvalue weighted by Crippen LogP contribution is 2.24. The van der Waals surface area contributed by atoms with Crippen molar-refractivity contribution >= 4 is 22.6 Å². The third-order valence-electron chi connectivity index (χ3n) is 6.03. The SMILES string of the molecule is CCC/C=C/C/C=C/CCCCCCCc1cccc(OC(=O)Nc2cccc3ccccc23)c1. The lowest BCUT2D eigenvalue weighted by Crippen LogP contribution is -2.17. The summed E-state index contributed by atoms with van der Waals surface area (Å²) in [6.45, 7) is 2.21. The lowest BCUT2D eigenvalue weighted by atomic mass is 10.0. The van der Waals surface area contributed by atoms with Gasteiger partial charge in [0.05, 0.1) is 5.69 Å². The Morgan fingerprint density at radius 3 is 2.43 bits per heavy atom. The van der Waals surface area contributed by atoms with E-state index in [1.807, 2.05) is 60.7 Å². The first-order valence-electron chi connectivity index (χ1n) is 13.1. The highest BCUT2D eigenvalue weighted by atomic mass is 16.6. The number of unbranched alkanes of at least 4 members (excludes halogenated alkanes) is 6. The van der Waals surface area contributed by atoms with Gasteiger partial charge in [-0.1, -0.05) is 105 Å². The number of aryl methyl sites for hydroxylation is 1. The zero-order chi connectivity index (χ0) is 24.6. The first kappa shape index (κ1) is 26.3. The van der Waals surface area contributed by atoms with Gasteiger partial charge in [0.25, 0.3) is 0 Å². The van der Waals surface area contributed by atoms with Gasteiger partial charge in [-0.15, -0.1) is 0 Å². The number of nitrogens with one attached hydrogen (secondary N) is 1. The van der Waals surface area contributed by atoms with Crippen molar-refractivity contribution in [3.8, 4) is 5.75 Å². The summed E-state index contributed by atoms with van der Waals surface area (Å²) < 4.78 is 5.57. The molecule has 0 aliphatic heterocycles. The summed E-state index contributed by atoms with van der Waals surface area (Å²) in [6.07, 6.45) is 20.5. The molecule has 3 aromatic rings. The zero-order valence-electron chi connectivity index (χ0n) is 21.0. The molecule has 3 aromatic carbocycles. The van der Waals surface area contributed by atoms with Crippen molar-refractivity contribution in [3.63, 3.8) is 0 Å². The van der Waals surface area contributed by atoms with Crippen LogP contribution in [0, 0.1) is 0 Å². The zero-order valence-corrected chi connectivity index (χ0v) is 21.0. The van der Waals surface area contributed by atoms with E-state index in [4.69, 9.17) is 4.74 Å². The Balaban J connectivity index is 1.33.